The summed E-state index contributed by atoms with van der Waals surface area (Å²) in [4.78, 5) is 29.9. The summed E-state index contributed by atoms with van der Waals surface area (Å²) in [5, 5.41) is 2.92. The van der Waals surface area contributed by atoms with E-state index in [1.807, 2.05) is 30.3 Å². The fraction of sp³-hybridized carbons (Fsp3) is 0.350. The van der Waals surface area contributed by atoms with E-state index >= 15 is 0 Å². The first-order chi connectivity index (χ1) is 13.1. The minimum Gasteiger partial charge on any atom is -0.445 e. The van der Waals surface area contributed by atoms with Crippen molar-refractivity contribution in [3.63, 3.8) is 0 Å². The van der Waals surface area contributed by atoms with E-state index in [-0.39, 0.29) is 18.6 Å². The Morgan fingerprint density at radius 2 is 1.89 bits per heavy atom. The Morgan fingerprint density at radius 3 is 2.56 bits per heavy atom. The molecule has 2 amide bonds. The van der Waals surface area contributed by atoms with Crippen LogP contribution in [0.4, 0.5) is 10.6 Å². The zero-order valence-corrected chi connectivity index (χ0v) is 15.1. The minimum atomic E-state index is -0.283. The van der Waals surface area contributed by atoms with Crippen LogP contribution in [-0.4, -0.2) is 41.5 Å². The molecular weight excluding hydrogens is 344 g/mol. The number of nitrogens with zero attached hydrogens (tertiary/aromatic N) is 2. The zero-order chi connectivity index (χ0) is 19.1. The van der Waals surface area contributed by atoms with E-state index in [2.05, 4.69) is 10.3 Å². The smallest absolute Gasteiger partial charge is 0.410 e. The first kappa shape index (κ1) is 18.7. The monoisotopic (exact) mass is 368 g/mol. The van der Waals surface area contributed by atoms with E-state index in [1.54, 1.807) is 17.0 Å². The summed E-state index contributed by atoms with van der Waals surface area (Å²) in [7, 11) is 0. The van der Waals surface area contributed by atoms with Crippen LogP contribution in [0.3, 0.4) is 0 Å². The quantitative estimate of drug-likeness (QED) is 0.845. The van der Waals surface area contributed by atoms with Gasteiger partial charge in [0.2, 0.25) is 0 Å². The molecule has 1 saturated heterocycles. The van der Waals surface area contributed by atoms with Gasteiger partial charge in [-0.15, -0.1) is 0 Å². The van der Waals surface area contributed by atoms with Crippen LogP contribution in [0.15, 0.2) is 48.7 Å². The molecule has 0 aliphatic carbocycles. The lowest BCUT2D eigenvalue weighted by Crippen LogP contribution is -2.41. The van der Waals surface area contributed by atoms with E-state index in [0.29, 0.717) is 36.9 Å². The number of hydrogen-bond acceptors (Lipinski definition) is 5. The lowest BCUT2D eigenvalue weighted by Gasteiger charge is -2.31. The van der Waals surface area contributed by atoms with Crippen molar-refractivity contribution in [1.29, 1.82) is 0 Å². The van der Waals surface area contributed by atoms with Crippen LogP contribution in [-0.2, 0) is 11.3 Å². The van der Waals surface area contributed by atoms with E-state index in [0.717, 1.165) is 18.4 Å². The average molecular weight is 368 g/mol. The molecule has 1 aromatic carbocycles. The van der Waals surface area contributed by atoms with Crippen LogP contribution in [0, 0.1) is 5.92 Å². The van der Waals surface area contributed by atoms with Crippen molar-refractivity contribution in [2.24, 2.45) is 5.92 Å². The average Bonchev–Trinajstić information content (AvgIpc) is 2.72. The normalized spacial score (nSPS) is 14.6. The van der Waals surface area contributed by atoms with Gasteiger partial charge < -0.3 is 20.7 Å². The zero-order valence-electron chi connectivity index (χ0n) is 15.1. The van der Waals surface area contributed by atoms with Gasteiger partial charge in [0.1, 0.15) is 12.4 Å². The Balaban J connectivity index is 1.37. The number of carbonyl (C=O) groups excluding carboxylic acids is 2. The van der Waals surface area contributed by atoms with Gasteiger partial charge >= 0.3 is 6.09 Å². The third kappa shape index (κ3) is 5.44. The molecule has 0 atom stereocenters. The predicted molar refractivity (Wildman–Crippen MR) is 102 cm³/mol. The van der Waals surface area contributed by atoms with Gasteiger partial charge in [-0.3, -0.25) is 4.79 Å². The Kier molecular flexibility index (Phi) is 6.25. The number of benzene rings is 1. The van der Waals surface area contributed by atoms with E-state index in [4.69, 9.17) is 10.5 Å². The van der Waals surface area contributed by atoms with Gasteiger partial charge in [0, 0.05) is 25.8 Å². The Labute approximate surface area is 158 Å². The number of rotatable bonds is 5. The van der Waals surface area contributed by atoms with Crippen molar-refractivity contribution in [3.8, 4) is 0 Å². The minimum absolute atomic E-state index is 0.160. The number of likely N-dealkylation sites (tertiary alicyclic amines) is 1. The Hall–Kier alpha value is -3.09. The van der Waals surface area contributed by atoms with Gasteiger partial charge in [-0.2, -0.15) is 0 Å². The fourth-order valence-electron chi connectivity index (χ4n) is 3.01. The molecule has 1 aromatic heterocycles. The van der Waals surface area contributed by atoms with Crippen LogP contribution in [0.1, 0.15) is 28.8 Å². The molecule has 142 valence electrons. The summed E-state index contributed by atoms with van der Waals surface area (Å²) < 4.78 is 5.37. The molecule has 3 rings (SSSR count). The van der Waals surface area contributed by atoms with Crippen LogP contribution in [0.5, 0.6) is 0 Å². The molecule has 0 spiro atoms. The maximum Gasteiger partial charge on any atom is 0.410 e. The van der Waals surface area contributed by atoms with Gasteiger partial charge in [-0.25, -0.2) is 9.78 Å². The topological polar surface area (TPSA) is 97.6 Å². The molecule has 1 fully saturated rings. The van der Waals surface area contributed by atoms with Crippen molar-refractivity contribution < 1.29 is 14.3 Å². The summed E-state index contributed by atoms with van der Waals surface area (Å²) in [5.41, 5.74) is 6.99. The highest BCUT2D eigenvalue weighted by atomic mass is 16.6. The highest BCUT2D eigenvalue weighted by molar-refractivity contribution is 5.94. The number of piperidine rings is 1. The molecule has 0 saturated carbocycles. The number of nitrogens with one attached hydrogen (secondary N) is 1. The van der Waals surface area contributed by atoms with Gasteiger partial charge in [-0.05, 0) is 36.5 Å². The number of pyridine rings is 1. The number of ether oxygens (including phenoxy) is 1. The number of carbonyl (C=O) groups is 2. The van der Waals surface area contributed by atoms with Crippen molar-refractivity contribution in [2.45, 2.75) is 19.4 Å². The number of amides is 2. The molecule has 0 bridgehead atoms. The molecule has 27 heavy (non-hydrogen) atoms. The molecule has 0 radical (unpaired) electrons. The number of nitrogens with two attached hydrogens (primary N) is 1. The molecular formula is C20H24N4O3. The summed E-state index contributed by atoms with van der Waals surface area (Å²) in [6, 6.07) is 12.9. The maximum absolute atomic E-state index is 12.2. The molecule has 7 heteroatoms. The third-order valence-electron chi connectivity index (χ3n) is 4.68. The van der Waals surface area contributed by atoms with Crippen molar-refractivity contribution in [3.05, 3.63) is 59.8 Å². The summed E-state index contributed by atoms with van der Waals surface area (Å²) in [5.74, 6) is 0.569. The second-order valence-corrected chi connectivity index (χ2v) is 6.65. The lowest BCUT2D eigenvalue weighted by atomic mass is 9.97. The van der Waals surface area contributed by atoms with Gasteiger partial charge in [0.15, 0.2) is 0 Å². The van der Waals surface area contributed by atoms with Crippen LogP contribution >= 0.6 is 0 Å². The Bertz CT molecular complexity index is 757. The van der Waals surface area contributed by atoms with Crippen molar-refractivity contribution in [1.82, 2.24) is 15.2 Å². The molecule has 3 N–H and O–H groups in total. The maximum atomic E-state index is 12.2. The summed E-state index contributed by atoms with van der Waals surface area (Å²) in [6.45, 7) is 2.14. The van der Waals surface area contributed by atoms with Crippen molar-refractivity contribution >= 4 is 17.8 Å². The Morgan fingerprint density at radius 1 is 1.15 bits per heavy atom. The molecule has 7 nitrogen and oxygen atoms in total. The lowest BCUT2D eigenvalue weighted by molar-refractivity contribution is 0.0800. The summed E-state index contributed by atoms with van der Waals surface area (Å²) >= 11 is 0. The fourth-order valence-corrected chi connectivity index (χ4v) is 3.01. The first-order valence-corrected chi connectivity index (χ1v) is 9.07. The van der Waals surface area contributed by atoms with Crippen LogP contribution < -0.4 is 11.1 Å². The second-order valence-electron chi connectivity index (χ2n) is 6.65. The second kappa shape index (κ2) is 9.02. The van der Waals surface area contributed by atoms with Gasteiger partial charge in [-0.1, -0.05) is 30.3 Å². The number of hydrogen-bond donors (Lipinski definition) is 2. The number of aromatic nitrogens is 1. The molecule has 1 aliphatic heterocycles. The summed E-state index contributed by atoms with van der Waals surface area (Å²) in [6.07, 6.45) is 2.85. The predicted octanol–water partition coefficient (Wildman–Crippen LogP) is 2.44. The highest BCUT2D eigenvalue weighted by Gasteiger charge is 2.24. The molecule has 2 aromatic rings. The van der Waals surface area contributed by atoms with Gasteiger partial charge in [0.05, 0.1) is 5.56 Å². The highest BCUT2D eigenvalue weighted by Crippen LogP contribution is 2.18. The third-order valence-corrected chi connectivity index (χ3v) is 4.68. The van der Waals surface area contributed by atoms with Crippen molar-refractivity contribution in [2.75, 3.05) is 25.4 Å². The molecule has 2 heterocycles. The van der Waals surface area contributed by atoms with Gasteiger partial charge in [0.25, 0.3) is 5.91 Å². The molecule has 1 aliphatic rings. The largest absolute Gasteiger partial charge is 0.445 e. The van der Waals surface area contributed by atoms with Crippen LogP contribution in [0.25, 0.3) is 0 Å². The number of nitrogen functional groups attached to an aromatic ring is 1. The number of anilines is 1. The van der Waals surface area contributed by atoms with E-state index < -0.39 is 0 Å². The van der Waals surface area contributed by atoms with E-state index in [1.165, 1.54) is 6.20 Å². The standard InChI is InChI=1S/C20H24N4O3/c21-18-7-6-17(13-22-18)19(25)23-12-15-8-10-24(11-9-15)20(26)27-14-16-4-2-1-3-5-16/h1-7,13,15H,8-12,14H2,(H2,21,22)(H,23,25). The van der Waals surface area contributed by atoms with E-state index in [9.17, 15) is 9.59 Å². The molecule has 0 unspecified atom stereocenters. The first-order valence-electron chi connectivity index (χ1n) is 9.07. The SMILES string of the molecule is Nc1ccc(C(=O)NCC2CCN(C(=O)OCc3ccccc3)CC2)cn1. The van der Waals surface area contributed by atoms with Crippen LogP contribution in [0.2, 0.25) is 0 Å².